The predicted molar refractivity (Wildman–Crippen MR) is 168 cm³/mol. The van der Waals surface area contributed by atoms with Gasteiger partial charge in [-0.05, 0) is 47.5 Å². The Kier molecular flexibility index (Phi) is 5.08. The van der Waals surface area contributed by atoms with Gasteiger partial charge >= 0.3 is 0 Å². The van der Waals surface area contributed by atoms with Crippen LogP contribution in [0.4, 0.5) is 0 Å². The van der Waals surface area contributed by atoms with Crippen molar-refractivity contribution in [1.29, 1.82) is 0 Å². The van der Waals surface area contributed by atoms with Gasteiger partial charge in [-0.25, -0.2) is 0 Å². The lowest BCUT2D eigenvalue weighted by atomic mass is 10.0. The first kappa shape index (κ1) is 22.5. The van der Waals surface area contributed by atoms with E-state index in [0.29, 0.717) is 0 Å². The van der Waals surface area contributed by atoms with E-state index in [9.17, 15) is 0 Å². The summed E-state index contributed by atoms with van der Waals surface area (Å²) in [4.78, 5) is 7.22. The smallest absolute Gasteiger partial charge is 0.0544 e. The maximum absolute atomic E-state index is 3.61. The lowest BCUT2D eigenvalue weighted by molar-refractivity contribution is 1.53. The van der Waals surface area contributed by atoms with Crippen molar-refractivity contribution in [1.82, 2.24) is 9.97 Å². The van der Waals surface area contributed by atoms with Gasteiger partial charge in [-0.3, -0.25) is 0 Å². The fourth-order valence-electron chi connectivity index (χ4n) is 5.84. The Labute approximate surface area is 231 Å². The number of hydrogen-bond donors (Lipinski definition) is 2. The van der Waals surface area contributed by atoms with Crippen LogP contribution >= 0.6 is 0 Å². The van der Waals surface area contributed by atoms with Crippen LogP contribution in [0.25, 0.3) is 65.9 Å². The molecular formula is C38H24N2. The molecule has 0 unspecified atom stereocenters. The quantitative estimate of drug-likeness (QED) is 0.218. The van der Waals surface area contributed by atoms with Crippen LogP contribution < -0.4 is 0 Å². The second-order valence-corrected chi connectivity index (χ2v) is 10.2. The van der Waals surface area contributed by atoms with Gasteiger partial charge in [-0.1, -0.05) is 109 Å². The van der Waals surface area contributed by atoms with Crippen molar-refractivity contribution in [2.45, 2.75) is 0 Å². The maximum Gasteiger partial charge on any atom is 0.0544 e. The maximum atomic E-state index is 3.61. The summed E-state index contributed by atoms with van der Waals surface area (Å²) >= 11 is 0. The molecule has 6 aromatic carbocycles. The van der Waals surface area contributed by atoms with E-state index in [1.54, 1.807) is 0 Å². The molecule has 0 bridgehead atoms. The highest BCUT2D eigenvalue weighted by atomic mass is 14.7. The van der Waals surface area contributed by atoms with Gasteiger partial charge in [-0.15, -0.1) is 0 Å². The first-order chi connectivity index (χ1) is 19.8. The number of nitrogens with one attached hydrogen (secondary N) is 2. The molecule has 2 nitrogen and oxygen atoms in total. The molecule has 186 valence electrons. The average Bonchev–Trinajstić information content (AvgIpc) is 3.59. The van der Waals surface area contributed by atoms with Crippen molar-refractivity contribution in [3.8, 4) is 34.1 Å². The summed E-state index contributed by atoms with van der Waals surface area (Å²) in [6, 6.07) is 47.0. The van der Waals surface area contributed by atoms with Crippen LogP contribution in [0.3, 0.4) is 0 Å². The van der Waals surface area contributed by atoms with Gasteiger partial charge in [0.15, 0.2) is 0 Å². The second kappa shape index (κ2) is 9.05. The van der Waals surface area contributed by atoms with Gasteiger partial charge in [0, 0.05) is 54.8 Å². The second-order valence-electron chi connectivity index (χ2n) is 10.2. The van der Waals surface area contributed by atoms with Crippen LogP contribution in [0.2, 0.25) is 0 Å². The monoisotopic (exact) mass is 508 g/mol. The SMILES string of the molecule is C(#Cc1ccc(-c2cccc3c2[nH]c2ccccc23)cc1)c1ccc(-c2cccc3c2[nH]c2ccccc23)cc1. The fraction of sp³-hybridized carbons (Fsp3) is 0. The van der Waals surface area contributed by atoms with Crippen molar-refractivity contribution in [2.75, 3.05) is 0 Å². The number of H-pyrrole nitrogens is 2. The highest BCUT2D eigenvalue weighted by Crippen LogP contribution is 2.34. The van der Waals surface area contributed by atoms with Crippen molar-refractivity contribution < 1.29 is 0 Å². The van der Waals surface area contributed by atoms with Crippen molar-refractivity contribution in [3.05, 3.63) is 145 Å². The topological polar surface area (TPSA) is 31.6 Å². The van der Waals surface area contributed by atoms with Crippen LogP contribution in [0.5, 0.6) is 0 Å². The van der Waals surface area contributed by atoms with E-state index in [1.165, 1.54) is 54.8 Å². The standard InChI is InChI=1S/C38H24N2/c1-3-13-35-31(7-1)33-11-5-9-29(37(33)39-35)27-21-17-25(18-22-27)15-16-26-19-23-28(24-20-26)30-10-6-12-34-32-8-2-4-14-36(32)40-38(30)34/h1-14,17-24,39-40H. The molecule has 0 saturated carbocycles. The first-order valence-corrected chi connectivity index (χ1v) is 13.5. The molecule has 0 aliphatic heterocycles. The van der Waals surface area contributed by atoms with Crippen LogP contribution in [0, 0.1) is 11.8 Å². The van der Waals surface area contributed by atoms with E-state index < -0.39 is 0 Å². The number of aromatic nitrogens is 2. The number of para-hydroxylation sites is 4. The summed E-state index contributed by atoms with van der Waals surface area (Å²) in [5, 5.41) is 5.01. The Hall–Kier alpha value is -5.52. The third kappa shape index (κ3) is 3.68. The number of rotatable bonds is 2. The van der Waals surface area contributed by atoms with E-state index in [4.69, 9.17) is 0 Å². The van der Waals surface area contributed by atoms with Crippen LogP contribution in [-0.2, 0) is 0 Å². The van der Waals surface area contributed by atoms with E-state index in [2.05, 4.69) is 155 Å². The molecule has 8 rings (SSSR count). The highest BCUT2D eigenvalue weighted by Gasteiger charge is 2.10. The van der Waals surface area contributed by atoms with Crippen LogP contribution in [-0.4, -0.2) is 9.97 Å². The Bertz CT molecular complexity index is 2090. The molecule has 2 N–H and O–H groups in total. The Morgan fingerprint density at radius 1 is 0.350 bits per heavy atom. The van der Waals surface area contributed by atoms with Crippen molar-refractivity contribution in [2.24, 2.45) is 0 Å². The summed E-state index contributed by atoms with van der Waals surface area (Å²) in [6.07, 6.45) is 0. The van der Waals surface area contributed by atoms with Gasteiger partial charge in [0.05, 0.1) is 11.0 Å². The molecule has 0 fully saturated rings. The van der Waals surface area contributed by atoms with Crippen molar-refractivity contribution in [3.63, 3.8) is 0 Å². The summed E-state index contributed by atoms with van der Waals surface area (Å²) in [7, 11) is 0. The Morgan fingerprint density at radius 3 is 1.20 bits per heavy atom. The molecule has 0 amide bonds. The lowest BCUT2D eigenvalue weighted by Gasteiger charge is -2.04. The molecule has 0 aliphatic carbocycles. The summed E-state index contributed by atoms with van der Waals surface area (Å²) in [6.45, 7) is 0. The highest BCUT2D eigenvalue weighted by molar-refractivity contribution is 6.12. The van der Waals surface area contributed by atoms with Gasteiger partial charge in [0.2, 0.25) is 0 Å². The number of benzene rings is 6. The Morgan fingerprint density at radius 2 is 0.750 bits per heavy atom. The fourth-order valence-corrected chi connectivity index (χ4v) is 5.84. The molecule has 0 atom stereocenters. The Balaban J connectivity index is 1.07. The third-order valence-electron chi connectivity index (χ3n) is 7.83. The molecule has 0 radical (unpaired) electrons. The van der Waals surface area contributed by atoms with E-state index >= 15 is 0 Å². The number of fused-ring (bicyclic) bond motifs is 6. The van der Waals surface area contributed by atoms with Gasteiger partial charge in [0.25, 0.3) is 0 Å². The van der Waals surface area contributed by atoms with Gasteiger partial charge in [0.1, 0.15) is 0 Å². The first-order valence-electron chi connectivity index (χ1n) is 13.5. The normalized spacial score (nSPS) is 11.3. The lowest BCUT2D eigenvalue weighted by Crippen LogP contribution is -1.83. The molecule has 2 heterocycles. The number of hydrogen-bond acceptors (Lipinski definition) is 0. The summed E-state index contributed by atoms with van der Waals surface area (Å²) in [5.74, 6) is 6.68. The summed E-state index contributed by atoms with van der Waals surface area (Å²) in [5.41, 5.74) is 11.4. The van der Waals surface area contributed by atoms with Crippen LogP contribution in [0.15, 0.2) is 133 Å². The van der Waals surface area contributed by atoms with Gasteiger partial charge < -0.3 is 9.97 Å². The molecular weight excluding hydrogens is 484 g/mol. The minimum absolute atomic E-state index is 1.000. The molecule has 2 heteroatoms. The predicted octanol–water partition coefficient (Wildman–Crippen LogP) is 9.69. The zero-order valence-electron chi connectivity index (χ0n) is 21.7. The van der Waals surface area contributed by atoms with Crippen molar-refractivity contribution >= 4 is 43.6 Å². The minimum atomic E-state index is 1.000. The third-order valence-corrected chi connectivity index (χ3v) is 7.83. The molecule has 0 aliphatic rings. The molecule has 0 saturated heterocycles. The zero-order chi connectivity index (χ0) is 26.5. The van der Waals surface area contributed by atoms with E-state index in [1.807, 2.05) is 0 Å². The average molecular weight is 509 g/mol. The van der Waals surface area contributed by atoms with E-state index in [-0.39, 0.29) is 0 Å². The van der Waals surface area contributed by atoms with Crippen LogP contribution in [0.1, 0.15) is 11.1 Å². The number of aromatic amines is 2. The van der Waals surface area contributed by atoms with E-state index in [0.717, 1.165) is 22.2 Å². The molecule has 40 heavy (non-hydrogen) atoms. The minimum Gasteiger partial charge on any atom is -0.354 e. The molecule has 0 spiro atoms. The zero-order valence-corrected chi connectivity index (χ0v) is 21.7. The summed E-state index contributed by atoms with van der Waals surface area (Å²) < 4.78 is 0. The largest absolute Gasteiger partial charge is 0.354 e. The molecule has 8 aromatic rings. The van der Waals surface area contributed by atoms with Gasteiger partial charge in [-0.2, -0.15) is 0 Å². The molecule has 2 aromatic heterocycles.